The summed E-state index contributed by atoms with van der Waals surface area (Å²) in [4.78, 5) is 11.4. The van der Waals surface area contributed by atoms with Gasteiger partial charge >= 0.3 is 0 Å². The molecule has 62 valence electrons. The number of pyridine rings is 1. The molecule has 0 saturated carbocycles. The molecule has 0 aliphatic rings. The van der Waals surface area contributed by atoms with Gasteiger partial charge in [0.1, 0.15) is 5.82 Å². The number of H-pyrrole nitrogens is 1. The number of hydrogen-bond acceptors (Lipinski definition) is 3. The Labute approximate surface area is 69.8 Å². The zero-order valence-corrected chi connectivity index (χ0v) is 6.78. The minimum absolute atomic E-state index is 0.0580. The lowest BCUT2D eigenvalue weighted by Crippen LogP contribution is -2.06. The molecule has 2 aromatic heterocycles. The third-order valence-corrected chi connectivity index (χ3v) is 1.73. The number of nitrogens with two attached hydrogens (primary N) is 1. The molecule has 12 heavy (non-hydrogen) atoms. The Bertz CT molecular complexity index is 358. The van der Waals surface area contributed by atoms with Crippen molar-refractivity contribution in [2.45, 2.75) is 13.0 Å². The summed E-state index contributed by atoms with van der Waals surface area (Å²) < 4.78 is 0. The summed E-state index contributed by atoms with van der Waals surface area (Å²) in [5, 5.41) is 0. The Kier molecular flexibility index (Phi) is 1.55. The minimum atomic E-state index is -0.0580. The van der Waals surface area contributed by atoms with Crippen molar-refractivity contribution in [2.24, 2.45) is 5.73 Å². The van der Waals surface area contributed by atoms with Gasteiger partial charge in [-0.3, -0.25) is 4.98 Å². The molecule has 0 aromatic carbocycles. The van der Waals surface area contributed by atoms with Crippen molar-refractivity contribution in [2.75, 3.05) is 0 Å². The van der Waals surface area contributed by atoms with Crippen LogP contribution in [-0.4, -0.2) is 15.0 Å². The van der Waals surface area contributed by atoms with Crippen molar-refractivity contribution >= 4 is 11.0 Å². The van der Waals surface area contributed by atoms with E-state index in [-0.39, 0.29) is 6.04 Å². The number of imidazole rings is 1. The van der Waals surface area contributed by atoms with Crippen LogP contribution >= 0.6 is 0 Å². The number of hydrogen-bond donors (Lipinski definition) is 2. The first-order valence-electron chi connectivity index (χ1n) is 3.82. The first kappa shape index (κ1) is 7.24. The van der Waals surface area contributed by atoms with Crippen LogP contribution in [0.25, 0.3) is 11.0 Å². The van der Waals surface area contributed by atoms with E-state index in [9.17, 15) is 0 Å². The molecule has 4 heteroatoms. The average molecular weight is 162 g/mol. The summed E-state index contributed by atoms with van der Waals surface area (Å²) in [6.07, 6.45) is 3.46. The molecule has 3 N–H and O–H groups in total. The minimum Gasteiger partial charge on any atom is -0.339 e. The van der Waals surface area contributed by atoms with Crippen LogP contribution in [0, 0.1) is 0 Å². The maximum Gasteiger partial charge on any atom is 0.123 e. The van der Waals surface area contributed by atoms with Gasteiger partial charge in [0.05, 0.1) is 23.3 Å². The van der Waals surface area contributed by atoms with Crippen molar-refractivity contribution < 1.29 is 0 Å². The van der Waals surface area contributed by atoms with E-state index in [2.05, 4.69) is 15.0 Å². The lowest BCUT2D eigenvalue weighted by atomic mass is 10.3. The molecule has 0 amide bonds. The predicted octanol–water partition coefficient (Wildman–Crippen LogP) is 0.978. The molecular formula is C8H10N4. The number of rotatable bonds is 1. The third-order valence-electron chi connectivity index (χ3n) is 1.73. The monoisotopic (exact) mass is 162 g/mol. The van der Waals surface area contributed by atoms with Gasteiger partial charge in [-0.05, 0) is 13.0 Å². The van der Waals surface area contributed by atoms with Crippen molar-refractivity contribution in [3.63, 3.8) is 0 Å². The summed E-state index contributed by atoms with van der Waals surface area (Å²) in [5.74, 6) is 0.804. The Morgan fingerprint density at radius 1 is 1.58 bits per heavy atom. The van der Waals surface area contributed by atoms with Gasteiger partial charge < -0.3 is 10.7 Å². The van der Waals surface area contributed by atoms with Gasteiger partial charge in [-0.1, -0.05) is 0 Å². The summed E-state index contributed by atoms with van der Waals surface area (Å²) in [6, 6.07) is 1.80. The summed E-state index contributed by atoms with van der Waals surface area (Å²) in [5.41, 5.74) is 7.51. The Morgan fingerprint density at radius 3 is 3.08 bits per heavy atom. The van der Waals surface area contributed by atoms with Crippen molar-refractivity contribution in [3.05, 3.63) is 24.3 Å². The topological polar surface area (TPSA) is 67.6 Å². The molecule has 2 heterocycles. The Hall–Kier alpha value is -1.42. The van der Waals surface area contributed by atoms with E-state index in [0.29, 0.717) is 0 Å². The van der Waals surface area contributed by atoms with Crippen LogP contribution in [0.5, 0.6) is 0 Å². The fourth-order valence-electron chi connectivity index (χ4n) is 1.09. The van der Waals surface area contributed by atoms with Crippen molar-refractivity contribution in [3.8, 4) is 0 Å². The van der Waals surface area contributed by atoms with Crippen molar-refractivity contribution in [1.29, 1.82) is 0 Å². The van der Waals surface area contributed by atoms with Crippen LogP contribution in [0.4, 0.5) is 0 Å². The standard InChI is InChI=1S/C8H10N4/c1-5(9)8-11-6-2-3-10-4-7(6)12-8/h2-5H,9H2,1H3,(H,11,12)/t5-/m1/s1. The summed E-state index contributed by atoms with van der Waals surface area (Å²) in [7, 11) is 0. The largest absolute Gasteiger partial charge is 0.339 e. The van der Waals surface area contributed by atoms with E-state index < -0.39 is 0 Å². The number of aromatic nitrogens is 3. The zero-order valence-electron chi connectivity index (χ0n) is 6.78. The van der Waals surface area contributed by atoms with Gasteiger partial charge in [-0.25, -0.2) is 4.98 Å². The third kappa shape index (κ3) is 1.06. The van der Waals surface area contributed by atoms with Gasteiger partial charge in [0.25, 0.3) is 0 Å². The van der Waals surface area contributed by atoms with E-state index in [1.54, 1.807) is 12.4 Å². The quantitative estimate of drug-likeness (QED) is 0.656. The second-order valence-electron chi connectivity index (χ2n) is 2.80. The van der Waals surface area contributed by atoms with E-state index >= 15 is 0 Å². The highest BCUT2D eigenvalue weighted by Gasteiger charge is 2.04. The maximum absolute atomic E-state index is 5.66. The molecule has 0 aliphatic heterocycles. The molecule has 0 bridgehead atoms. The fraction of sp³-hybridized carbons (Fsp3) is 0.250. The van der Waals surface area contributed by atoms with Gasteiger partial charge in [-0.2, -0.15) is 0 Å². The molecule has 2 rings (SSSR count). The average Bonchev–Trinajstić information content (AvgIpc) is 2.46. The lowest BCUT2D eigenvalue weighted by molar-refractivity contribution is 0.760. The van der Waals surface area contributed by atoms with Gasteiger partial charge in [0, 0.05) is 6.20 Å². The number of nitrogens with zero attached hydrogens (tertiary/aromatic N) is 2. The molecule has 0 saturated heterocycles. The normalized spacial score (nSPS) is 13.5. The molecule has 1 atom stereocenters. The molecule has 2 aromatic rings. The first-order chi connectivity index (χ1) is 5.77. The van der Waals surface area contributed by atoms with Gasteiger partial charge in [0.2, 0.25) is 0 Å². The smallest absolute Gasteiger partial charge is 0.123 e. The van der Waals surface area contributed by atoms with Crippen LogP contribution in [0.3, 0.4) is 0 Å². The molecule has 4 nitrogen and oxygen atoms in total. The van der Waals surface area contributed by atoms with Crippen LogP contribution in [0.1, 0.15) is 18.8 Å². The van der Waals surface area contributed by atoms with E-state index in [4.69, 9.17) is 5.73 Å². The van der Waals surface area contributed by atoms with Crippen molar-refractivity contribution in [1.82, 2.24) is 15.0 Å². The van der Waals surface area contributed by atoms with Gasteiger partial charge in [0.15, 0.2) is 0 Å². The van der Waals surface area contributed by atoms with Crippen LogP contribution in [0.2, 0.25) is 0 Å². The Balaban J connectivity index is 2.62. The van der Waals surface area contributed by atoms with Crippen LogP contribution < -0.4 is 5.73 Å². The number of fused-ring (bicyclic) bond motifs is 1. The highest BCUT2D eigenvalue weighted by Crippen LogP contribution is 2.12. The predicted molar refractivity (Wildman–Crippen MR) is 46.5 cm³/mol. The maximum atomic E-state index is 5.66. The second kappa shape index (κ2) is 2.57. The molecule has 0 spiro atoms. The van der Waals surface area contributed by atoms with Crippen LogP contribution in [0.15, 0.2) is 18.5 Å². The van der Waals surface area contributed by atoms with E-state index in [1.165, 1.54) is 0 Å². The number of aromatic amines is 1. The Morgan fingerprint density at radius 2 is 2.42 bits per heavy atom. The lowest BCUT2D eigenvalue weighted by Gasteiger charge is -1.96. The molecule has 0 fully saturated rings. The SMILES string of the molecule is C[C@@H](N)c1nc2ccncc2[nH]1. The first-order valence-corrected chi connectivity index (χ1v) is 3.82. The van der Waals surface area contributed by atoms with Crippen LogP contribution in [-0.2, 0) is 0 Å². The second-order valence-corrected chi connectivity index (χ2v) is 2.80. The zero-order chi connectivity index (χ0) is 8.55. The molecule has 0 aliphatic carbocycles. The molecule has 0 unspecified atom stereocenters. The molecule has 0 radical (unpaired) electrons. The summed E-state index contributed by atoms with van der Waals surface area (Å²) in [6.45, 7) is 1.89. The van der Waals surface area contributed by atoms with E-state index in [1.807, 2.05) is 13.0 Å². The fourth-order valence-corrected chi connectivity index (χ4v) is 1.09. The molecular weight excluding hydrogens is 152 g/mol. The van der Waals surface area contributed by atoms with Gasteiger partial charge in [-0.15, -0.1) is 0 Å². The highest BCUT2D eigenvalue weighted by atomic mass is 15.0. The van der Waals surface area contributed by atoms with E-state index in [0.717, 1.165) is 16.9 Å². The summed E-state index contributed by atoms with van der Waals surface area (Å²) >= 11 is 0. The highest BCUT2D eigenvalue weighted by molar-refractivity contribution is 5.73. The number of nitrogens with one attached hydrogen (secondary N) is 1.